The van der Waals surface area contributed by atoms with E-state index in [4.69, 9.17) is 0 Å². The van der Waals surface area contributed by atoms with Crippen molar-refractivity contribution in [3.05, 3.63) is 65.7 Å². The summed E-state index contributed by atoms with van der Waals surface area (Å²) in [6, 6.07) is 13.1. The van der Waals surface area contributed by atoms with Crippen LogP contribution in [0.1, 0.15) is 11.1 Å². The molecule has 0 saturated carbocycles. The summed E-state index contributed by atoms with van der Waals surface area (Å²) in [5.41, 5.74) is 3.16. The number of halogens is 1. The maximum Gasteiger partial charge on any atom is 0.140 e. The molecule has 3 nitrogen and oxygen atoms in total. The van der Waals surface area contributed by atoms with Gasteiger partial charge < -0.3 is 5.32 Å². The number of anilines is 1. The molecule has 0 amide bonds. The Kier molecular flexibility index (Phi) is 3.77. The molecule has 1 N–H and O–H groups in total. The van der Waals surface area contributed by atoms with Crippen LogP contribution in [0.5, 0.6) is 0 Å². The summed E-state index contributed by atoms with van der Waals surface area (Å²) in [7, 11) is 0. The summed E-state index contributed by atoms with van der Waals surface area (Å²) in [6.07, 6.45) is 2.32. The predicted octanol–water partition coefficient (Wildman–Crippen LogP) is 3.73. The van der Waals surface area contributed by atoms with Gasteiger partial charge in [0, 0.05) is 6.54 Å². The molecule has 0 fully saturated rings. The minimum Gasteiger partial charge on any atom is -0.369 e. The molecule has 0 bridgehead atoms. The van der Waals surface area contributed by atoms with Gasteiger partial charge in [0.25, 0.3) is 0 Å². The number of nitrogens with one attached hydrogen (secondary N) is 1. The minimum absolute atomic E-state index is 0.300. The Labute approximate surface area is 122 Å². The topological polar surface area (TPSA) is 37.8 Å². The molecule has 1 heterocycles. The number of hydrogen-bond donors (Lipinski definition) is 1. The van der Waals surface area contributed by atoms with Crippen molar-refractivity contribution in [2.45, 2.75) is 13.3 Å². The van der Waals surface area contributed by atoms with E-state index in [0.29, 0.717) is 23.3 Å². The van der Waals surface area contributed by atoms with E-state index >= 15 is 0 Å². The molecule has 2 aromatic carbocycles. The standard InChI is InChI=1S/C17H16FN3/c1-12-5-2-3-6-13(12)9-10-19-17-16-14(18)7-4-8-15(16)20-11-21-17/h2-8,11H,9-10H2,1H3,(H,19,20,21). The molecule has 4 heteroatoms. The van der Waals surface area contributed by atoms with Crippen LogP contribution < -0.4 is 5.32 Å². The highest BCUT2D eigenvalue weighted by molar-refractivity contribution is 5.89. The van der Waals surface area contributed by atoms with Gasteiger partial charge in [-0.1, -0.05) is 30.3 Å². The van der Waals surface area contributed by atoms with Gasteiger partial charge in [-0.2, -0.15) is 0 Å². The van der Waals surface area contributed by atoms with E-state index < -0.39 is 0 Å². The first-order chi connectivity index (χ1) is 10.3. The third-order valence-electron chi connectivity index (χ3n) is 3.56. The number of hydrogen-bond acceptors (Lipinski definition) is 3. The fraction of sp³-hybridized carbons (Fsp3) is 0.176. The Morgan fingerprint density at radius 2 is 1.90 bits per heavy atom. The highest BCUT2D eigenvalue weighted by atomic mass is 19.1. The zero-order valence-electron chi connectivity index (χ0n) is 11.8. The number of rotatable bonds is 4. The molecule has 0 atom stereocenters. The Morgan fingerprint density at radius 3 is 2.76 bits per heavy atom. The van der Waals surface area contributed by atoms with Crippen LogP contribution in [0.3, 0.4) is 0 Å². The van der Waals surface area contributed by atoms with Crippen molar-refractivity contribution >= 4 is 16.7 Å². The number of fused-ring (bicyclic) bond motifs is 1. The van der Waals surface area contributed by atoms with Crippen molar-refractivity contribution in [2.75, 3.05) is 11.9 Å². The zero-order chi connectivity index (χ0) is 14.7. The van der Waals surface area contributed by atoms with Crippen LogP contribution in [-0.4, -0.2) is 16.5 Å². The molecule has 0 unspecified atom stereocenters. The number of benzene rings is 2. The molecule has 0 spiro atoms. The second-order valence-electron chi connectivity index (χ2n) is 4.96. The molecule has 21 heavy (non-hydrogen) atoms. The van der Waals surface area contributed by atoms with E-state index in [1.807, 2.05) is 12.1 Å². The van der Waals surface area contributed by atoms with Gasteiger partial charge >= 0.3 is 0 Å². The highest BCUT2D eigenvalue weighted by Gasteiger charge is 2.08. The monoisotopic (exact) mass is 281 g/mol. The number of nitrogens with zero attached hydrogens (tertiary/aromatic N) is 2. The Morgan fingerprint density at radius 1 is 1.05 bits per heavy atom. The third kappa shape index (κ3) is 2.84. The molecule has 3 aromatic rings. The fourth-order valence-electron chi connectivity index (χ4n) is 2.41. The van der Waals surface area contributed by atoms with E-state index in [0.717, 1.165) is 6.42 Å². The molecule has 0 aliphatic rings. The second-order valence-corrected chi connectivity index (χ2v) is 4.96. The molecule has 3 rings (SSSR count). The number of aromatic nitrogens is 2. The predicted molar refractivity (Wildman–Crippen MR) is 82.9 cm³/mol. The van der Waals surface area contributed by atoms with E-state index in [1.54, 1.807) is 12.1 Å². The fourth-order valence-corrected chi connectivity index (χ4v) is 2.41. The Hall–Kier alpha value is -2.49. The SMILES string of the molecule is Cc1ccccc1CCNc1ncnc2cccc(F)c12. The van der Waals surface area contributed by atoms with Gasteiger partial charge in [-0.25, -0.2) is 14.4 Å². The first-order valence-corrected chi connectivity index (χ1v) is 6.93. The largest absolute Gasteiger partial charge is 0.369 e. The minimum atomic E-state index is -0.300. The zero-order valence-corrected chi connectivity index (χ0v) is 11.8. The van der Waals surface area contributed by atoms with Gasteiger partial charge in [0.2, 0.25) is 0 Å². The van der Waals surface area contributed by atoms with Crippen molar-refractivity contribution in [3.8, 4) is 0 Å². The Balaban J connectivity index is 1.78. The molecule has 0 radical (unpaired) electrons. The summed E-state index contributed by atoms with van der Waals surface area (Å²) in [5, 5.41) is 3.66. The van der Waals surface area contributed by atoms with Crippen LogP contribution in [0.15, 0.2) is 48.8 Å². The lowest BCUT2D eigenvalue weighted by Gasteiger charge is -2.10. The molecule has 1 aromatic heterocycles. The normalized spacial score (nSPS) is 10.8. The lowest BCUT2D eigenvalue weighted by Crippen LogP contribution is -2.08. The average molecular weight is 281 g/mol. The summed E-state index contributed by atoms with van der Waals surface area (Å²) in [6.45, 7) is 2.79. The van der Waals surface area contributed by atoms with Crippen LogP contribution >= 0.6 is 0 Å². The van der Waals surface area contributed by atoms with Crippen molar-refractivity contribution in [2.24, 2.45) is 0 Å². The summed E-state index contributed by atoms with van der Waals surface area (Å²) in [4.78, 5) is 8.25. The smallest absolute Gasteiger partial charge is 0.140 e. The summed E-state index contributed by atoms with van der Waals surface area (Å²) >= 11 is 0. The molecule has 106 valence electrons. The highest BCUT2D eigenvalue weighted by Crippen LogP contribution is 2.22. The molecular weight excluding hydrogens is 265 g/mol. The van der Waals surface area contributed by atoms with Crippen molar-refractivity contribution < 1.29 is 4.39 Å². The van der Waals surface area contributed by atoms with E-state index in [9.17, 15) is 4.39 Å². The van der Waals surface area contributed by atoms with Crippen LogP contribution in [-0.2, 0) is 6.42 Å². The van der Waals surface area contributed by atoms with E-state index in [1.165, 1.54) is 23.5 Å². The molecular formula is C17H16FN3. The molecule has 0 aliphatic carbocycles. The van der Waals surface area contributed by atoms with Crippen LogP contribution in [0, 0.1) is 12.7 Å². The quantitative estimate of drug-likeness (QED) is 0.791. The van der Waals surface area contributed by atoms with Crippen LogP contribution in [0.4, 0.5) is 10.2 Å². The van der Waals surface area contributed by atoms with Crippen LogP contribution in [0.25, 0.3) is 10.9 Å². The maximum absolute atomic E-state index is 13.9. The van der Waals surface area contributed by atoms with Gasteiger partial charge in [-0.05, 0) is 36.6 Å². The molecule has 0 aliphatic heterocycles. The summed E-state index contributed by atoms with van der Waals surface area (Å²) in [5.74, 6) is 0.248. The van der Waals surface area contributed by atoms with Gasteiger partial charge in [0.15, 0.2) is 0 Å². The maximum atomic E-state index is 13.9. The Bertz CT molecular complexity index is 766. The number of aryl methyl sites for hydroxylation is 1. The average Bonchev–Trinajstić information content (AvgIpc) is 2.49. The first-order valence-electron chi connectivity index (χ1n) is 6.93. The van der Waals surface area contributed by atoms with Gasteiger partial charge in [-0.15, -0.1) is 0 Å². The van der Waals surface area contributed by atoms with Crippen LogP contribution in [0.2, 0.25) is 0 Å². The first kappa shape index (κ1) is 13.5. The molecule has 0 saturated heterocycles. The third-order valence-corrected chi connectivity index (χ3v) is 3.56. The van der Waals surface area contributed by atoms with E-state index in [2.05, 4.69) is 34.3 Å². The second kappa shape index (κ2) is 5.87. The van der Waals surface area contributed by atoms with Crippen molar-refractivity contribution in [1.29, 1.82) is 0 Å². The lowest BCUT2D eigenvalue weighted by atomic mass is 10.1. The van der Waals surface area contributed by atoms with E-state index in [-0.39, 0.29) is 5.82 Å². The van der Waals surface area contributed by atoms with Gasteiger partial charge in [0.05, 0.1) is 10.9 Å². The lowest BCUT2D eigenvalue weighted by molar-refractivity contribution is 0.639. The summed E-state index contributed by atoms with van der Waals surface area (Å²) < 4.78 is 13.9. The van der Waals surface area contributed by atoms with Crippen molar-refractivity contribution in [3.63, 3.8) is 0 Å². The van der Waals surface area contributed by atoms with Crippen molar-refractivity contribution in [1.82, 2.24) is 9.97 Å². The van der Waals surface area contributed by atoms with Gasteiger partial charge in [0.1, 0.15) is 18.0 Å². The van der Waals surface area contributed by atoms with Gasteiger partial charge in [-0.3, -0.25) is 0 Å².